The number of thiophene rings is 1. The first kappa shape index (κ1) is 10.4. The lowest BCUT2D eigenvalue weighted by molar-refractivity contribution is 1.16. The highest BCUT2D eigenvalue weighted by molar-refractivity contribution is 7.17. The zero-order valence-corrected chi connectivity index (χ0v) is 10.2. The summed E-state index contributed by atoms with van der Waals surface area (Å²) in [6.45, 7) is 0.877. The summed E-state index contributed by atoms with van der Waals surface area (Å²) in [4.78, 5) is 0. The van der Waals surface area contributed by atoms with E-state index in [1.54, 1.807) is 11.3 Å². The van der Waals surface area contributed by atoms with Crippen LogP contribution in [-0.4, -0.2) is 0 Å². The molecule has 0 bridgehead atoms. The maximum atomic E-state index is 3.49. The largest absolute Gasteiger partial charge is 0.380 e. The van der Waals surface area contributed by atoms with E-state index >= 15 is 0 Å². The van der Waals surface area contributed by atoms with Crippen molar-refractivity contribution in [2.45, 2.75) is 6.54 Å². The lowest BCUT2D eigenvalue weighted by atomic mass is 10.2. The zero-order valence-electron chi connectivity index (χ0n) is 9.39. The number of nitrogens with one attached hydrogen (secondary N) is 1. The molecule has 0 saturated heterocycles. The van der Waals surface area contributed by atoms with Crippen LogP contribution < -0.4 is 5.32 Å². The standard InChI is InChI=1S/C15H13NS/c1-2-6-12(7-3-1)10-16-14-11-17-15-9-5-4-8-13(14)15/h1-9,11,16H,10H2. The van der Waals surface area contributed by atoms with E-state index in [1.807, 2.05) is 6.07 Å². The van der Waals surface area contributed by atoms with Crippen molar-refractivity contribution in [3.8, 4) is 0 Å². The van der Waals surface area contributed by atoms with Crippen molar-refractivity contribution in [3.05, 3.63) is 65.5 Å². The monoisotopic (exact) mass is 239 g/mol. The summed E-state index contributed by atoms with van der Waals surface area (Å²) in [5.74, 6) is 0. The maximum Gasteiger partial charge on any atom is 0.0531 e. The van der Waals surface area contributed by atoms with E-state index < -0.39 is 0 Å². The molecule has 0 unspecified atom stereocenters. The first-order valence-corrected chi connectivity index (χ1v) is 6.55. The molecule has 0 atom stereocenters. The minimum Gasteiger partial charge on any atom is -0.380 e. The fraction of sp³-hybridized carbons (Fsp3) is 0.0667. The van der Waals surface area contributed by atoms with Gasteiger partial charge in [-0.15, -0.1) is 11.3 Å². The molecule has 0 spiro atoms. The van der Waals surface area contributed by atoms with Crippen LogP contribution in [0.5, 0.6) is 0 Å². The van der Waals surface area contributed by atoms with Gasteiger partial charge in [-0.05, 0) is 11.6 Å². The number of hydrogen-bond acceptors (Lipinski definition) is 2. The van der Waals surface area contributed by atoms with Crippen molar-refractivity contribution in [2.24, 2.45) is 0 Å². The Morgan fingerprint density at radius 2 is 1.65 bits per heavy atom. The van der Waals surface area contributed by atoms with Crippen molar-refractivity contribution in [3.63, 3.8) is 0 Å². The Morgan fingerprint density at radius 1 is 0.882 bits per heavy atom. The highest BCUT2D eigenvalue weighted by Crippen LogP contribution is 2.30. The number of rotatable bonds is 3. The zero-order chi connectivity index (χ0) is 11.5. The maximum absolute atomic E-state index is 3.49. The molecule has 0 aliphatic carbocycles. The van der Waals surface area contributed by atoms with Crippen LogP contribution in [0, 0.1) is 0 Å². The van der Waals surface area contributed by atoms with Gasteiger partial charge in [0.05, 0.1) is 5.69 Å². The lowest BCUT2D eigenvalue weighted by Gasteiger charge is -2.04. The number of fused-ring (bicyclic) bond motifs is 1. The summed E-state index contributed by atoms with van der Waals surface area (Å²) >= 11 is 1.79. The number of anilines is 1. The van der Waals surface area contributed by atoms with Crippen LogP contribution in [0.4, 0.5) is 5.69 Å². The van der Waals surface area contributed by atoms with Crippen molar-refractivity contribution in [1.82, 2.24) is 0 Å². The molecule has 2 heteroatoms. The molecule has 0 amide bonds. The van der Waals surface area contributed by atoms with Gasteiger partial charge in [0.15, 0.2) is 0 Å². The molecular formula is C15H13NS. The molecule has 2 aromatic carbocycles. The van der Waals surface area contributed by atoms with Crippen LogP contribution in [0.15, 0.2) is 60.0 Å². The summed E-state index contributed by atoms with van der Waals surface area (Å²) in [7, 11) is 0. The van der Waals surface area contributed by atoms with Gasteiger partial charge in [0.1, 0.15) is 0 Å². The minimum atomic E-state index is 0.877. The van der Waals surface area contributed by atoms with Gasteiger partial charge in [-0.25, -0.2) is 0 Å². The van der Waals surface area contributed by atoms with Gasteiger partial charge in [-0.1, -0.05) is 48.5 Å². The lowest BCUT2D eigenvalue weighted by Crippen LogP contribution is -1.97. The quantitative estimate of drug-likeness (QED) is 0.709. The van der Waals surface area contributed by atoms with E-state index in [4.69, 9.17) is 0 Å². The van der Waals surface area contributed by atoms with Gasteiger partial charge in [0.25, 0.3) is 0 Å². The van der Waals surface area contributed by atoms with Crippen molar-refractivity contribution < 1.29 is 0 Å². The van der Waals surface area contributed by atoms with E-state index in [9.17, 15) is 0 Å². The summed E-state index contributed by atoms with van der Waals surface area (Å²) in [6, 6.07) is 19.0. The second-order valence-corrected chi connectivity index (χ2v) is 4.90. The molecule has 0 fully saturated rings. The van der Waals surface area contributed by atoms with E-state index in [2.05, 4.69) is 59.2 Å². The van der Waals surface area contributed by atoms with E-state index in [-0.39, 0.29) is 0 Å². The van der Waals surface area contributed by atoms with E-state index in [0.29, 0.717) is 0 Å². The topological polar surface area (TPSA) is 12.0 Å². The van der Waals surface area contributed by atoms with Gasteiger partial charge in [0, 0.05) is 22.0 Å². The molecule has 3 aromatic rings. The molecule has 0 aliphatic heterocycles. The molecule has 84 valence electrons. The molecule has 0 saturated carbocycles. The van der Waals surface area contributed by atoms with Crippen LogP contribution in [-0.2, 0) is 6.54 Å². The highest BCUT2D eigenvalue weighted by Gasteiger charge is 2.02. The number of hydrogen-bond donors (Lipinski definition) is 1. The van der Waals surface area contributed by atoms with Crippen LogP contribution in [0.2, 0.25) is 0 Å². The Bertz CT molecular complexity index is 613. The van der Waals surface area contributed by atoms with Gasteiger partial charge in [-0.2, -0.15) is 0 Å². The van der Waals surface area contributed by atoms with Crippen LogP contribution >= 0.6 is 11.3 Å². The van der Waals surface area contributed by atoms with Crippen molar-refractivity contribution >= 4 is 27.1 Å². The molecular weight excluding hydrogens is 226 g/mol. The second-order valence-electron chi connectivity index (χ2n) is 3.98. The van der Waals surface area contributed by atoms with Gasteiger partial charge in [-0.3, -0.25) is 0 Å². The Kier molecular flexibility index (Phi) is 2.80. The third kappa shape index (κ3) is 2.17. The molecule has 0 radical (unpaired) electrons. The van der Waals surface area contributed by atoms with E-state index in [0.717, 1.165) is 6.54 Å². The Hall–Kier alpha value is -1.80. The van der Waals surface area contributed by atoms with E-state index in [1.165, 1.54) is 21.3 Å². The molecule has 1 heterocycles. The first-order chi connectivity index (χ1) is 8.43. The average molecular weight is 239 g/mol. The highest BCUT2D eigenvalue weighted by atomic mass is 32.1. The van der Waals surface area contributed by atoms with Crippen molar-refractivity contribution in [2.75, 3.05) is 5.32 Å². The van der Waals surface area contributed by atoms with Crippen LogP contribution in [0.3, 0.4) is 0 Å². The first-order valence-electron chi connectivity index (χ1n) is 5.67. The Morgan fingerprint density at radius 3 is 2.53 bits per heavy atom. The second kappa shape index (κ2) is 4.60. The fourth-order valence-corrected chi connectivity index (χ4v) is 2.83. The smallest absolute Gasteiger partial charge is 0.0531 e. The minimum absolute atomic E-state index is 0.877. The normalized spacial score (nSPS) is 10.6. The van der Waals surface area contributed by atoms with Gasteiger partial charge >= 0.3 is 0 Å². The average Bonchev–Trinajstić information content (AvgIpc) is 2.81. The van der Waals surface area contributed by atoms with Crippen molar-refractivity contribution in [1.29, 1.82) is 0 Å². The van der Waals surface area contributed by atoms with Gasteiger partial charge < -0.3 is 5.32 Å². The van der Waals surface area contributed by atoms with Crippen LogP contribution in [0.25, 0.3) is 10.1 Å². The molecule has 1 aromatic heterocycles. The summed E-state index contributed by atoms with van der Waals surface area (Å²) in [5.41, 5.74) is 2.54. The molecule has 17 heavy (non-hydrogen) atoms. The van der Waals surface area contributed by atoms with Crippen LogP contribution in [0.1, 0.15) is 5.56 Å². The van der Waals surface area contributed by atoms with Gasteiger partial charge in [0.2, 0.25) is 0 Å². The summed E-state index contributed by atoms with van der Waals surface area (Å²) in [6.07, 6.45) is 0. The third-order valence-corrected chi connectivity index (χ3v) is 3.77. The predicted molar refractivity (Wildman–Crippen MR) is 75.6 cm³/mol. The molecule has 0 aliphatic rings. The fourth-order valence-electron chi connectivity index (χ4n) is 1.91. The summed E-state index contributed by atoms with van der Waals surface area (Å²) < 4.78 is 1.34. The predicted octanol–water partition coefficient (Wildman–Crippen LogP) is 4.51. The third-order valence-electron chi connectivity index (χ3n) is 2.81. The number of benzene rings is 2. The summed E-state index contributed by atoms with van der Waals surface area (Å²) in [5, 5.41) is 7.00. The SMILES string of the molecule is c1ccc(CNc2csc3ccccc23)cc1. The Balaban J connectivity index is 1.82. The molecule has 1 N–H and O–H groups in total. The Labute approximate surface area is 105 Å². The molecule has 3 rings (SSSR count). The molecule has 1 nitrogen and oxygen atoms in total.